The summed E-state index contributed by atoms with van der Waals surface area (Å²) in [7, 11) is -3.83. The number of nitrogens with one attached hydrogen (secondary N) is 2. The van der Waals surface area contributed by atoms with Crippen LogP contribution < -0.4 is 10.0 Å². The van der Waals surface area contributed by atoms with Crippen molar-refractivity contribution in [2.24, 2.45) is 0 Å². The number of rotatable bonds is 5. The number of hydrogen-bond donors (Lipinski definition) is 2. The van der Waals surface area contributed by atoms with Gasteiger partial charge in [-0.05, 0) is 43.3 Å². The Balaban J connectivity index is 1.54. The van der Waals surface area contributed by atoms with Crippen molar-refractivity contribution in [3.8, 4) is 0 Å². The SMILES string of the molecule is Cc1ccc(S(=O)(=O)Nc2cccc(C(=O)Nc3nc4c(F)cc(F)cc4s3)c2)cc1. The number of hydrogen-bond acceptors (Lipinski definition) is 5. The smallest absolute Gasteiger partial charge is 0.261 e. The van der Waals surface area contributed by atoms with Gasteiger partial charge < -0.3 is 0 Å². The quantitative estimate of drug-likeness (QED) is 0.443. The van der Waals surface area contributed by atoms with Crippen LogP contribution in [0.25, 0.3) is 10.2 Å². The molecule has 6 nitrogen and oxygen atoms in total. The summed E-state index contributed by atoms with van der Waals surface area (Å²) in [6, 6.07) is 14.1. The van der Waals surface area contributed by atoms with Crippen molar-refractivity contribution >= 4 is 48.3 Å². The fourth-order valence-corrected chi connectivity index (χ4v) is 4.79. The molecule has 4 rings (SSSR count). The van der Waals surface area contributed by atoms with Crippen molar-refractivity contribution in [3.63, 3.8) is 0 Å². The summed E-state index contributed by atoms with van der Waals surface area (Å²) in [5, 5.41) is 2.62. The van der Waals surface area contributed by atoms with Gasteiger partial charge in [-0.3, -0.25) is 14.8 Å². The third-order valence-electron chi connectivity index (χ3n) is 4.34. The number of anilines is 2. The maximum absolute atomic E-state index is 13.8. The van der Waals surface area contributed by atoms with Gasteiger partial charge in [-0.15, -0.1) is 0 Å². The highest BCUT2D eigenvalue weighted by atomic mass is 32.2. The molecule has 0 fully saturated rings. The van der Waals surface area contributed by atoms with Crippen LogP contribution in [0, 0.1) is 18.6 Å². The highest BCUT2D eigenvalue weighted by molar-refractivity contribution is 7.92. The number of benzene rings is 3. The van der Waals surface area contributed by atoms with E-state index in [1.165, 1.54) is 36.4 Å². The summed E-state index contributed by atoms with van der Waals surface area (Å²) in [6.07, 6.45) is 0. The predicted molar refractivity (Wildman–Crippen MR) is 116 cm³/mol. The molecule has 1 aromatic heterocycles. The number of carbonyl (C=O) groups is 1. The maximum atomic E-state index is 13.8. The standard InChI is InChI=1S/C21H15F2N3O3S2/c1-12-5-7-16(8-6-12)31(28,29)26-15-4-2-3-13(9-15)20(27)25-21-24-19-17(23)10-14(22)11-18(19)30-21/h2-11,26H,1H3,(H,24,25,27). The normalized spacial score (nSPS) is 11.5. The minimum Gasteiger partial charge on any atom is -0.298 e. The first kappa shape index (κ1) is 20.9. The average molecular weight is 459 g/mol. The second-order valence-electron chi connectivity index (χ2n) is 6.71. The Hall–Kier alpha value is -3.37. The molecule has 4 aromatic rings. The highest BCUT2D eigenvalue weighted by Gasteiger charge is 2.16. The number of fused-ring (bicyclic) bond motifs is 1. The lowest BCUT2D eigenvalue weighted by molar-refractivity contribution is 0.102. The second kappa shape index (κ2) is 8.05. The number of thiazole rings is 1. The van der Waals surface area contributed by atoms with Gasteiger partial charge in [-0.1, -0.05) is 35.1 Å². The number of aryl methyl sites for hydroxylation is 1. The molecule has 3 aromatic carbocycles. The Morgan fingerprint density at radius 2 is 1.77 bits per heavy atom. The Kier molecular flexibility index (Phi) is 5.42. The first-order valence-corrected chi connectivity index (χ1v) is 11.3. The van der Waals surface area contributed by atoms with Crippen LogP contribution >= 0.6 is 11.3 Å². The third-order valence-corrected chi connectivity index (χ3v) is 6.66. The van der Waals surface area contributed by atoms with Crippen molar-refractivity contribution in [1.29, 1.82) is 0 Å². The molecule has 0 saturated heterocycles. The Bertz CT molecular complexity index is 1400. The fourth-order valence-electron chi connectivity index (χ4n) is 2.84. The summed E-state index contributed by atoms with van der Waals surface area (Å²) in [5.41, 5.74) is 1.25. The zero-order valence-electron chi connectivity index (χ0n) is 16.0. The molecule has 2 N–H and O–H groups in total. The summed E-state index contributed by atoms with van der Waals surface area (Å²) in [5.74, 6) is -2.13. The van der Waals surface area contributed by atoms with Crippen LogP contribution in [0.2, 0.25) is 0 Å². The predicted octanol–water partition coefficient (Wildman–Crippen LogP) is 4.94. The molecule has 1 amide bonds. The molecular weight excluding hydrogens is 444 g/mol. The van der Waals surface area contributed by atoms with Gasteiger partial charge in [0.1, 0.15) is 11.3 Å². The summed E-state index contributed by atoms with van der Waals surface area (Å²) >= 11 is 0.927. The average Bonchev–Trinajstić information content (AvgIpc) is 3.10. The minimum atomic E-state index is -3.83. The molecule has 158 valence electrons. The third kappa shape index (κ3) is 4.54. The number of aromatic nitrogens is 1. The number of amides is 1. The van der Waals surface area contributed by atoms with Crippen LogP contribution in [-0.2, 0) is 10.0 Å². The second-order valence-corrected chi connectivity index (χ2v) is 9.42. The van der Waals surface area contributed by atoms with Gasteiger partial charge in [0, 0.05) is 17.3 Å². The van der Waals surface area contributed by atoms with Gasteiger partial charge in [0.15, 0.2) is 10.9 Å². The topological polar surface area (TPSA) is 88.2 Å². The van der Waals surface area contributed by atoms with Crippen LogP contribution in [0.1, 0.15) is 15.9 Å². The van der Waals surface area contributed by atoms with E-state index >= 15 is 0 Å². The van der Waals surface area contributed by atoms with Crippen molar-refractivity contribution < 1.29 is 22.0 Å². The number of halogens is 2. The zero-order valence-corrected chi connectivity index (χ0v) is 17.7. The summed E-state index contributed by atoms with van der Waals surface area (Å²) < 4.78 is 55.0. The molecule has 10 heteroatoms. The molecule has 0 aliphatic rings. The number of carbonyl (C=O) groups excluding carboxylic acids is 1. The summed E-state index contributed by atoms with van der Waals surface area (Å²) in [6.45, 7) is 1.85. The van der Waals surface area contributed by atoms with Crippen molar-refractivity contribution in [1.82, 2.24) is 4.98 Å². The van der Waals surface area contributed by atoms with E-state index < -0.39 is 27.6 Å². The summed E-state index contributed by atoms with van der Waals surface area (Å²) in [4.78, 5) is 16.7. The lowest BCUT2D eigenvalue weighted by Crippen LogP contribution is -2.15. The fraction of sp³-hybridized carbons (Fsp3) is 0.0476. The van der Waals surface area contributed by atoms with Gasteiger partial charge >= 0.3 is 0 Å². The molecule has 0 aliphatic heterocycles. The Morgan fingerprint density at radius 1 is 1.03 bits per heavy atom. The van der Waals surface area contributed by atoms with E-state index in [4.69, 9.17) is 0 Å². The Labute approximate surface area is 180 Å². The molecule has 0 aliphatic carbocycles. The van der Waals surface area contributed by atoms with E-state index in [-0.39, 0.29) is 31.5 Å². The van der Waals surface area contributed by atoms with E-state index in [0.717, 1.165) is 29.0 Å². The molecule has 31 heavy (non-hydrogen) atoms. The first-order chi connectivity index (χ1) is 14.7. The van der Waals surface area contributed by atoms with Gasteiger partial charge in [0.25, 0.3) is 15.9 Å². The van der Waals surface area contributed by atoms with Crippen molar-refractivity contribution in [2.45, 2.75) is 11.8 Å². The van der Waals surface area contributed by atoms with Gasteiger partial charge in [-0.2, -0.15) is 0 Å². The molecule has 0 saturated carbocycles. The molecule has 0 atom stereocenters. The monoisotopic (exact) mass is 459 g/mol. The minimum absolute atomic E-state index is 0.0405. The molecule has 0 unspecified atom stereocenters. The van der Waals surface area contributed by atoms with Crippen LogP contribution in [0.5, 0.6) is 0 Å². The first-order valence-electron chi connectivity index (χ1n) is 8.98. The van der Waals surface area contributed by atoms with E-state index in [9.17, 15) is 22.0 Å². The van der Waals surface area contributed by atoms with Gasteiger partial charge in [0.2, 0.25) is 0 Å². The van der Waals surface area contributed by atoms with Crippen LogP contribution in [0.4, 0.5) is 19.6 Å². The molecule has 0 spiro atoms. The number of sulfonamides is 1. The van der Waals surface area contributed by atoms with Gasteiger partial charge in [-0.25, -0.2) is 22.2 Å². The van der Waals surface area contributed by atoms with E-state index in [1.807, 2.05) is 6.92 Å². The molecule has 0 radical (unpaired) electrons. The number of nitrogens with zero attached hydrogens (tertiary/aromatic N) is 1. The molecular formula is C21H15F2N3O3S2. The van der Waals surface area contributed by atoms with E-state index in [1.54, 1.807) is 12.1 Å². The van der Waals surface area contributed by atoms with Crippen molar-refractivity contribution in [2.75, 3.05) is 10.0 Å². The maximum Gasteiger partial charge on any atom is 0.261 e. The van der Waals surface area contributed by atoms with Crippen LogP contribution in [0.3, 0.4) is 0 Å². The Morgan fingerprint density at radius 3 is 2.52 bits per heavy atom. The van der Waals surface area contributed by atoms with E-state index in [0.29, 0.717) is 0 Å². The zero-order chi connectivity index (χ0) is 22.2. The van der Waals surface area contributed by atoms with Gasteiger partial charge in [0.05, 0.1) is 9.60 Å². The van der Waals surface area contributed by atoms with Crippen LogP contribution in [0.15, 0.2) is 65.6 Å². The van der Waals surface area contributed by atoms with E-state index in [2.05, 4.69) is 15.0 Å². The lowest BCUT2D eigenvalue weighted by Gasteiger charge is -2.10. The lowest BCUT2D eigenvalue weighted by atomic mass is 10.2. The van der Waals surface area contributed by atoms with Crippen molar-refractivity contribution in [3.05, 3.63) is 83.4 Å². The highest BCUT2D eigenvalue weighted by Crippen LogP contribution is 2.29. The molecule has 1 heterocycles. The largest absolute Gasteiger partial charge is 0.298 e. The molecule has 0 bridgehead atoms. The van der Waals surface area contributed by atoms with Crippen LogP contribution in [-0.4, -0.2) is 19.3 Å².